The number of benzene rings is 1. The minimum absolute atomic E-state index is 0.0283. The number of aromatic amines is 1. The van der Waals surface area contributed by atoms with Crippen molar-refractivity contribution < 1.29 is 14.7 Å². The van der Waals surface area contributed by atoms with Gasteiger partial charge in [-0.1, -0.05) is 11.6 Å². The summed E-state index contributed by atoms with van der Waals surface area (Å²) in [5.74, 6) is -1.19. The second-order valence-electron chi connectivity index (χ2n) is 4.05. The summed E-state index contributed by atoms with van der Waals surface area (Å²) in [6.07, 6.45) is 0. The van der Waals surface area contributed by atoms with Gasteiger partial charge in [0.25, 0.3) is 5.91 Å². The van der Waals surface area contributed by atoms with E-state index in [1.807, 2.05) is 0 Å². The van der Waals surface area contributed by atoms with Gasteiger partial charge in [0.2, 0.25) is 5.82 Å². The molecule has 7 heteroatoms. The Balaban J connectivity index is 2.28. The highest BCUT2D eigenvalue weighted by Crippen LogP contribution is 2.18. The first kappa shape index (κ1) is 12.7. The quantitative estimate of drug-likeness (QED) is 0.772. The number of nitrogens with zero attached hydrogens (tertiary/aromatic N) is 2. The first-order valence-electron chi connectivity index (χ1n) is 5.51. The normalized spacial score (nSPS) is 10.2. The van der Waals surface area contributed by atoms with Crippen LogP contribution in [0.3, 0.4) is 0 Å². The van der Waals surface area contributed by atoms with Crippen molar-refractivity contribution in [3.63, 3.8) is 0 Å². The molecule has 1 amide bonds. The zero-order valence-corrected chi connectivity index (χ0v) is 10.4. The van der Waals surface area contributed by atoms with Gasteiger partial charge >= 0.3 is 5.97 Å². The predicted molar refractivity (Wildman–Crippen MR) is 67.2 cm³/mol. The van der Waals surface area contributed by atoms with Crippen molar-refractivity contribution in [2.24, 2.45) is 0 Å². The van der Waals surface area contributed by atoms with Crippen molar-refractivity contribution in [3.8, 4) is 0 Å². The standard InChI is InChI=1S/C12H12N4O3/c1-6-3-4-9(8(5-6)12(18)19)14-11(17)10-13-7(2)15-16-10/h3-5H,1-2H3,(H,14,17)(H,18,19)(H,13,15,16). The summed E-state index contributed by atoms with van der Waals surface area (Å²) in [7, 11) is 0. The van der Waals surface area contributed by atoms with E-state index < -0.39 is 11.9 Å². The molecule has 0 atom stereocenters. The third-order valence-corrected chi connectivity index (χ3v) is 2.45. The molecule has 98 valence electrons. The molecule has 0 fully saturated rings. The molecular weight excluding hydrogens is 248 g/mol. The van der Waals surface area contributed by atoms with Crippen LogP contribution >= 0.6 is 0 Å². The number of carbonyl (C=O) groups excluding carboxylic acids is 1. The molecule has 0 bridgehead atoms. The van der Waals surface area contributed by atoms with Gasteiger partial charge in [0, 0.05) is 0 Å². The van der Waals surface area contributed by atoms with Gasteiger partial charge in [0.15, 0.2) is 0 Å². The van der Waals surface area contributed by atoms with E-state index in [4.69, 9.17) is 5.11 Å². The third kappa shape index (κ3) is 2.76. The van der Waals surface area contributed by atoms with Crippen molar-refractivity contribution in [2.75, 3.05) is 5.32 Å². The van der Waals surface area contributed by atoms with Crippen LogP contribution in [0.15, 0.2) is 18.2 Å². The van der Waals surface area contributed by atoms with Crippen LogP contribution in [-0.4, -0.2) is 32.2 Å². The van der Waals surface area contributed by atoms with E-state index in [9.17, 15) is 9.59 Å². The summed E-state index contributed by atoms with van der Waals surface area (Å²) in [5, 5.41) is 17.8. The Kier molecular flexibility index (Phi) is 3.28. The Morgan fingerprint density at radius 2 is 2.05 bits per heavy atom. The minimum Gasteiger partial charge on any atom is -0.478 e. The minimum atomic E-state index is -1.11. The van der Waals surface area contributed by atoms with Crippen LogP contribution in [0.2, 0.25) is 0 Å². The molecule has 0 saturated carbocycles. The maximum Gasteiger partial charge on any atom is 0.337 e. The molecule has 19 heavy (non-hydrogen) atoms. The van der Waals surface area contributed by atoms with E-state index in [1.165, 1.54) is 12.1 Å². The average Bonchev–Trinajstić information content (AvgIpc) is 2.78. The summed E-state index contributed by atoms with van der Waals surface area (Å²) >= 11 is 0. The highest BCUT2D eigenvalue weighted by Gasteiger charge is 2.16. The van der Waals surface area contributed by atoms with Crippen molar-refractivity contribution in [2.45, 2.75) is 13.8 Å². The lowest BCUT2D eigenvalue weighted by Gasteiger charge is -2.07. The summed E-state index contributed by atoms with van der Waals surface area (Å²) in [4.78, 5) is 26.8. The first-order chi connectivity index (χ1) is 8.97. The fraction of sp³-hybridized carbons (Fsp3) is 0.167. The van der Waals surface area contributed by atoms with E-state index in [0.29, 0.717) is 5.82 Å². The number of carboxylic acid groups (broad SMARTS) is 1. The number of H-pyrrole nitrogens is 1. The molecule has 0 aliphatic carbocycles. The second kappa shape index (κ2) is 4.89. The van der Waals surface area contributed by atoms with E-state index in [0.717, 1.165) is 5.56 Å². The number of nitrogens with one attached hydrogen (secondary N) is 2. The van der Waals surface area contributed by atoms with Crippen molar-refractivity contribution in [1.82, 2.24) is 15.2 Å². The molecule has 7 nitrogen and oxygen atoms in total. The number of hydrogen-bond acceptors (Lipinski definition) is 4. The zero-order chi connectivity index (χ0) is 14.0. The number of anilines is 1. The number of carbonyl (C=O) groups is 2. The first-order valence-corrected chi connectivity index (χ1v) is 5.51. The monoisotopic (exact) mass is 260 g/mol. The van der Waals surface area contributed by atoms with Gasteiger partial charge in [-0.25, -0.2) is 9.78 Å². The molecule has 0 aliphatic rings. The Bertz CT molecular complexity index is 648. The molecule has 1 aromatic carbocycles. The fourth-order valence-electron chi connectivity index (χ4n) is 1.57. The Morgan fingerprint density at radius 3 is 2.63 bits per heavy atom. The Hall–Kier alpha value is -2.70. The highest BCUT2D eigenvalue weighted by atomic mass is 16.4. The van der Waals surface area contributed by atoms with Crippen LogP contribution < -0.4 is 5.32 Å². The molecule has 2 aromatic rings. The van der Waals surface area contributed by atoms with Gasteiger partial charge in [-0.2, -0.15) is 0 Å². The number of carboxylic acids is 1. The van der Waals surface area contributed by atoms with E-state index in [1.54, 1.807) is 19.9 Å². The topological polar surface area (TPSA) is 108 Å². The van der Waals surface area contributed by atoms with Gasteiger partial charge in [0.1, 0.15) is 5.82 Å². The number of hydrogen-bond donors (Lipinski definition) is 3. The maximum absolute atomic E-state index is 11.8. The van der Waals surface area contributed by atoms with Crippen molar-refractivity contribution >= 4 is 17.6 Å². The highest BCUT2D eigenvalue weighted by molar-refractivity contribution is 6.05. The van der Waals surface area contributed by atoms with Crippen LogP contribution in [0.1, 0.15) is 32.4 Å². The average molecular weight is 260 g/mol. The van der Waals surface area contributed by atoms with E-state index in [-0.39, 0.29) is 17.1 Å². The van der Waals surface area contributed by atoms with Crippen LogP contribution in [0.5, 0.6) is 0 Å². The SMILES string of the molecule is Cc1ccc(NC(=O)c2n[nH]c(C)n2)c(C(=O)O)c1. The van der Waals surface area contributed by atoms with Crippen molar-refractivity contribution in [1.29, 1.82) is 0 Å². The fourth-order valence-corrected chi connectivity index (χ4v) is 1.57. The predicted octanol–water partition coefficient (Wildman–Crippen LogP) is 1.37. The molecule has 1 aromatic heterocycles. The van der Waals surface area contributed by atoms with Crippen molar-refractivity contribution in [3.05, 3.63) is 41.0 Å². The second-order valence-corrected chi connectivity index (χ2v) is 4.05. The van der Waals surface area contributed by atoms with Crippen LogP contribution in [0, 0.1) is 13.8 Å². The smallest absolute Gasteiger partial charge is 0.337 e. The lowest BCUT2D eigenvalue weighted by atomic mass is 10.1. The maximum atomic E-state index is 11.8. The molecule has 3 N–H and O–H groups in total. The van der Waals surface area contributed by atoms with Gasteiger partial charge < -0.3 is 10.4 Å². The van der Waals surface area contributed by atoms with Crippen LogP contribution in [0.4, 0.5) is 5.69 Å². The number of rotatable bonds is 3. The number of amides is 1. The van der Waals surface area contributed by atoms with Gasteiger partial charge in [-0.15, -0.1) is 5.10 Å². The van der Waals surface area contributed by atoms with Crippen LogP contribution in [0.25, 0.3) is 0 Å². The summed E-state index contributed by atoms with van der Waals surface area (Å²) < 4.78 is 0. The van der Waals surface area contributed by atoms with Gasteiger partial charge in [0.05, 0.1) is 11.3 Å². The molecule has 0 unspecified atom stereocenters. The molecule has 0 radical (unpaired) electrons. The van der Waals surface area contributed by atoms with Crippen LogP contribution in [-0.2, 0) is 0 Å². The lowest BCUT2D eigenvalue weighted by molar-refractivity contribution is 0.0698. The molecular formula is C12H12N4O3. The zero-order valence-electron chi connectivity index (χ0n) is 10.4. The molecule has 2 rings (SSSR count). The Morgan fingerprint density at radius 1 is 1.32 bits per heavy atom. The lowest BCUT2D eigenvalue weighted by Crippen LogP contribution is -2.16. The number of aromatic nitrogens is 3. The summed E-state index contributed by atoms with van der Waals surface area (Å²) in [6.45, 7) is 3.44. The third-order valence-electron chi connectivity index (χ3n) is 2.45. The number of aryl methyl sites for hydroxylation is 2. The largest absolute Gasteiger partial charge is 0.478 e. The Labute approximate surface area is 108 Å². The molecule has 1 heterocycles. The van der Waals surface area contributed by atoms with Gasteiger partial charge in [-0.05, 0) is 26.0 Å². The van der Waals surface area contributed by atoms with E-state index >= 15 is 0 Å². The molecule has 0 aliphatic heterocycles. The molecule has 0 saturated heterocycles. The number of aromatic carboxylic acids is 1. The summed E-state index contributed by atoms with van der Waals surface area (Å²) in [5.41, 5.74) is 1.04. The van der Waals surface area contributed by atoms with E-state index in [2.05, 4.69) is 20.5 Å². The van der Waals surface area contributed by atoms with Gasteiger partial charge in [-0.3, -0.25) is 9.89 Å². The molecule has 0 spiro atoms. The summed E-state index contributed by atoms with van der Waals surface area (Å²) in [6, 6.07) is 4.74.